The van der Waals surface area contributed by atoms with Crippen LogP contribution in [0.3, 0.4) is 0 Å². The molecule has 3 aromatic carbocycles. The molecule has 0 saturated carbocycles. The standard InChI is InChI=1S/C26H22FN3OS/c1-17-4-3-5-19-14-20-16-30(15-18-6-12-23(31-2)13-7-18)26(32-25(20)29-24(17)19)28-22-10-8-21(27)9-11-22/h3-14H,15-16H2,1-2H3. The number of aryl methyl sites for hydroxylation is 1. The smallest absolute Gasteiger partial charge is 0.171 e. The molecule has 160 valence electrons. The number of fused-ring (bicyclic) bond motifs is 2. The van der Waals surface area contributed by atoms with Crippen LogP contribution in [0.15, 0.2) is 82.8 Å². The second-order valence-electron chi connectivity index (χ2n) is 7.78. The van der Waals surface area contributed by atoms with Gasteiger partial charge in [-0.05, 0) is 72.3 Å². The molecule has 2 heterocycles. The highest BCUT2D eigenvalue weighted by atomic mass is 32.2. The molecule has 0 unspecified atom stereocenters. The molecular weight excluding hydrogens is 421 g/mol. The number of hydrogen-bond acceptors (Lipinski definition) is 4. The second kappa shape index (κ2) is 8.63. The Morgan fingerprint density at radius 3 is 2.59 bits per heavy atom. The normalized spacial score (nSPS) is 14.6. The average molecular weight is 444 g/mol. The lowest BCUT2D eigenvalue weighted by molar-refractivity contribution is 0.403. The molecule has 0 aliphatic carbocycles. The molecule has 0 N–H and O–H groups in total. The van der Waals surface area contributed by atoms with Crippen LogP contribution >= 0.6 is 11.8 Å². The first-order valence-corrected chi connectivity index (χ1v) is 11.2. The van der Waals surface area contributed by atoms with Gasteiger partial charge < -0.3 is 9.64 Å². The van der Waals surface area contributed by atoms with Crippen LogP contribution in [0.25, 0.3) is 10.9 Å². The lowest BCUT2D eigenvalue weighted by atomic mass is 10.1. The number of ether oxygens (including phenoxy) is 1. The third kappa shape index (κ3) is 4.18. The molecular formula is C26H22FN3OS. The number of thioether (sulfide) groups is 1. The molecule has 6 heteroatoms. The monoisotopic (exact) mass is 443 g/mol. The highest BCUT2D eigenvalue weighted by Gasteiger charge is 2.25. The van der Waals surface area contributed by atoms with Crippen LogP contribution in [-0.2, 0) is 13.1 Å². The van der Waals surface area contributed by atoms with Crippen LogP contribution in [0.2, 0.25) is 0 Å². The highest BCUT2D eigenvalue weighted by Crippen LogP contribution is 2.36. The number of nitrogens with zero attached hydrogens (tertiary/aromatic N) is 3. The van der Waals surface area contributed by atoms with Crippen molar-refractivity contribution in [3.8, 4) is 5.75 Å². The largest absolute Gasteiger partial charge is 0.497 e. The Morgan fingerprint density at radius 2 is 1.84 bits per heavy atom. The van der Waals surface area contributed by atoms with Crippen LogP contribution in [-0.4, -0.2) is 22.2 Å². The van der Waals surface area contributed by atoms with E-state index in [4.69, 9.17) is 14.7 Å². The van der Waals surface area contributed by atoms with E-state index in [1.165, 1.54) is 17.7 Å². The maximum atomic E-state index is 13.4. The molecule has 0 spiro atoms. The minimum atomic E-state index is -0.269. The zero-order valence-electron chi connectivity index (χ0n) is 17.9. The number of para-hydroxylation sites is 1. The minimum Gasteiger partial charge on any atom is -0.497 e. The summed E-state index contributed by atoms with van der Waals surface area (Å²) in [6.45, 7) is 3.48. The number of rotatable bonds is 4. The SMILES string of the molecule is COc1ccc(CN2Cc3cc4cccc(C)c4nc3SC2=Nc2ccc(F)cc2)cc1. The fraction of sp³-hybridized carbons (Fsp3) is 0.154. The molecule has 0 bridgehead atoms. The van der Waals surface area contributed by atoms with Crippen molar-refractivity contribution in [2.24, 2.45) is 4.99 Å². The topological polar surface area (TPSA) is 37.7 Å². The Balaban J connectivity index is 1.54. The van der Waals surface area contributed by atoms with Gasteiger partial charge in [-0.2, -0.15) is 0 Å². The summed E-state index contributed by atoms with van der Waals surface area (Å²) < 4.78 is 18.7. The molecule has 5 rings (SSSR count). The van der Waals surface area contributed by atoms with Gasteiger partial charge in [0.05, 0.1) is 18.3 Å². The van der Waals surface area contributed by atoms with Gasteiger partial charge in [0.25, 0.3) is 0 Å². The van der Waals surface area contributed by atoms with E-state index in [2.05, 4.69) is 48.2 Å². The molecule has 1 aromatic heterocycles. The van der Waals surface area contributed by atoms with Crippen LogP contribution in [0, 0.1) is 12.7 Å². The third-order valence-corrected chi connectivity index (χ3v) is 6.57. The van der Waals surface area contributed by atoms with Gasteiger partial charge in [-0.1, -0.05) is 30.3 Å². The van der Waals surface area contributed by atoms with Crippen molar-refractivity contribution in [1.82, 2.24) is 9.88 Å². The van der Waals surface area contributed by atoms with Gasteiger partial charge in [-0.3, -0.25) is 0 Å². The quantitative estimate of drug-likeness (QED) is 0.361. The van der Waals surface area contributed by atoms with Crippen molar-refractivity contribution in [3.05, 3.63) is 95.3 Å². The Labute approximate surface area is 190 Å². The number of aliphatic imine (C=N–C) groups is 1. The lowest BCUT2D eigenvalue weighted by Gasteiger charge is -2.31. The number of pyridine rings is 1. The van der Waals surface area contributed by atoms with Gasteiger partial charge >= 0.3 is 0 Å². The van der Waals surface area contributed by atoms with Crippen molar-refractivity contribution in [1.29, 1.82) is 0 Å². The second-order valence-corrected chi connectivity index (χ2v) is 8.73. The Morgan fingerprint density at radius 1 is 1.06 bits per heavy atom. The molecule has 1 aliphatic heterocycles. The predicted octanol–water partition coefficient (Wildman–Crippen LogP) is 6.49. The van der Waals surface area contributed by atoms with Gasteiger partial charge in [0.1, 0.15) is 16.6 Å². The van der Waals surface area contributed by atoms with E-state index in [0.717, 1.165) is 38.0 Å². The van der Waals surface area contributed by atoms with Crippen LogP contribution in [0.5, 0.6) is 5.75 Å². The maximum absolute atomic E-state index is 13.4. The van der Waals surface area contributed by atoms with Gasteiger partial charge in [0.2, 0.25) is 0 Å². The number of aromatic nitrogens is 1. The van der Waals surface area contributed by atoms with Crippen molar-refractivity contribution >= 4 is 33.5 Å². The summed E-state index contributed by atoms with van der Waals surface area (Å²) in [6, 6.07) is 22.8. The third-order valence-electron chi connectivity index (χ3n) is 5.49. The van der Waals surface area contributed by atoms with E-state index in [9.17, 15) is 4.39 Å². The number of benzene rings is 3. The summed E-state index contributed by atoms with van der Waals surface area (Å²) >= 11 is 1.56. The molecule has 4 aromatic rings. The van der Waals surface area contributed by atoms with Crippen molar-refractivity contribution < 1.29 is 9.13 Å². The van der Waals surface area contributed by atoms with E-state index in [0.29, 0.717) is 18.8 Å². The number of hydrogen-bond donors (Lipinski definition) is 0. The fourth-order valence-corrected chi connectivity index (χ4v) is 4.77. The van der Waals surface area contributed by atoms with Gasteiger partial charge in [0.15, 0.2) is 5.17 Å². The first-order chi connectivity index (χ1) is 15.6. The maximum Gasteiger partial charge on any atom is 0.171 e. The summed E-state index contributed by atoms with van der Waals surface area (Å²) in [5, 5.41) is 2.96. The fourth-order valence-electron chi connectivity index (χ4n) is 3.79. The Hall–Kier alpha value is -3.38. The molecule has 0 atom stereocenters. The molecule has 1 aliphatic rings. The van der Waals surface area contributed by atoms with Crippen molar-refractivity contribution in [3.63, 3.8) is 0 Å². The first-order valence-electron chi connectivity index (χ1n) is 10.4. The number of amidine groups is 1. The summed E-state index contributed by atoms with van der Waals surface area (Å²) in [7, 11) is 1.67. The molecule has 0 saturated heterocycles. The molecule has 0 fully saturated rings. The van der Waals surface area contributed by atoms with E-state index >= 15 is 0 Å². The zero-order valence-corrected chi connectivity index (χ0v) is 18.7. The Bertz CT molecular complexity index is 1300. The summed E-state index contributed by atoms with van der Waals surface area (Å²) in [6.07, 6.45) is 0. The van der Waals surface area contributed by atoms with Crippen LogP contribution in [0.1, 0.15) is 16.7 Å². The lowest BCUT2D eigenvalue weighted by Crippen LogP contribution is -2.31. The predicted molar refractivity (Wildman–Crippen MR) is 128 cm³/mol. The highest BCUT2D eigenvalue weighted by molar-refractivity contribution is 8.13. The zero-order chi connectivity index (χ0) is 22.1. The average Bonchev–Trinajstić information content (AvgIpc) is 2.81. The molecule has 0 amide bonds. The Kier molecular flexibility index (Phi) is 5.53. The van der Waals surface area contributed by atoms with Crippen LogP contribution < -0.4 is 4.74 Å². The van der Waals surface area contributed by atoms with E-state index < -0.39 is 0 Å². The first kappa shape index (κ1) is 20.5. The van der Waals surface area contributed by atoms with E-state index in [1.807, 2.05) is 12.1 Å². The summed E-state index contributed by atoms with van der Waals surface area (Å²) in [5.41, 5.74) is 5.23. The molecule has 32 heavy (non-hydrogen) atoms. The van der Waals surface area contributed by atoms with Gasteiger partial charge in [-0.25, -0.2) is 14.4 Å². The molecule has 4 nitrogen and oxygen atoms in total. The van der Waals surface area contributed by atoms with Crippen molar-refractivity contribution in [2.45, 2.75) is 25.0 Å². The number of halogens is 1. The molecule has 0 radical (unpaired) electrons. The van der Waals surface area contributed by atoms with E-state index in [1.54, 1.807) is 31.0 Å². The van der Waals surface area contributed by atoms with Gasteiger partial charge in [0, 0.05) is 24.0 Å². The summed E-state index contributed by atoms with van der Waals surface area (Å²) in [5.74, 6) is 0.563. The van der Waals surface area contributed by atoms with E-state index in [-0.39, 0.29) is 5.82 Å². The van der Waals surface area contributed by atoms with Crippen LogP contribution in [0.4, 0.5) is 10.1 Å². The number of methoxy groups -OCH3 is 1. The van der Waals surface area contributed by atoms with Gasteiger partial charge in [-0.15, -0.1) is 0 Å². The summed E-state index contributed by atoms with van der Waals surface area (Å²) in [4.78, 5) is 12.0. The van der Waals surface area contributed by atoms with Crippen molar-refractivity contribution in [2.75, 3.05) is 7.11 Å². The minimum absolute atomic E-state index is 0.269.